The minimum Gasteiger partial charge on any atom is -0.238 e. The molecule has 2 rings (SSSR count). The largest absolute Gasteiger partial charge is 0.238 e. The molecule has 0 N–H and O–H groups in total. The summed E-state index contributed by atoms with van der Waals surface area (Å²) in [4.78, 5) is 9.24. The van der Waals surface area contributed by atoms with Crippen LogP contribution in [-0.2, 0) is 12.8 Å². The zero-order valence-electron chi connectivity index (χ0n) is 14.7. The van der Waals surface area contributed by atoms with Gasteiger partial charge in [0, 0.05) is 11.4 Å². The SMILES string of the molecule is CC.Cc1nc(C)c2c(n1)CC(C(C)C)(C(C)C)CC2. The first-order chi connectivity index (χ1) is 9.36. The second-order valence-corrected chi connectivity index (χ2v) is 6.50. The molecule has 2 nitrogen and oxygen atoms in total. The van der Waals surface area contributed by atoms with Gasteiger partial charge in [-0.1, -0.05) is 41.5 Å². The predicted molar refractivity (Wildman–Crippen MR) is 87.0 cm³/mol. The molecule has 0 saturated carbocycles. The maximum absolute atomic E-state index is 4.72. The van der Waals surface area contributed by atoms with Crippen molar-refractivity contribution in [1.82, 2.24) is 9.97 Å². The van der Waals surface area contributed by atoms with Gasteiger partial charge in [0.25, 0.3) is 0 Å². The molecular weight excluding hydrogens is 244 g/mol. The number of aromatic nitrogens is 2. The van der Waals surface area contributed by atoms with Gasteiger partial charge in [-0.25, -0.2) is 9.97 Å². The summed E-state index contributed by atoms with van der Waals surface area (Å²) in [7, 11) is 0. The normalized spacial score (nSPS) is 16.7. The number of hydrogen-bond acceptors (Lipinski definition) is 2. The molecule has 2 heteroatoms. The molecule has 1 aromatic rings. The highest BCUT2D eigenvalue weighted by Crippen LogP contribution is 2.46. The Labute approximate surface area is 125 Å². The lowest BCUT2D eigenvalue weighted by Crippen LogP contribution is -2.39. The van der Waals surface area contributed by atoms with Crippen LogP contribution in [0.3, 0.4) is 0 Å². The molecule has 0 fully saturated rings. The number of rotatable bonds is 2. The number of hydrogen-bond donors (Lipinski definition) is 0. The van der Waals surface area contributed by atoms with Gasteiger partial charge < -0.3 is 0 Å². The summed E-state index contributed by atoms with van der Waals surface area (Å²) in [6.07, 6.45) is 3.56. The fraction of sp³-hybridized carbons (Fsp3) is 0.778. The van der Waals surface area contributed by atoms with Crippen LogP contribution < -0.4 is 0 Å². The molecule has 1 aliphatic carbocycles. The van der Waals surface area contributed by atoms with E-state index in [1.807, 2.05) is 20.8 Å². The van der Waals surface area contributed by atoms with Gasteiger partial charge in [0.1, 0.15) is 5.82 Å². The van der Waals surface area contributed by atoms with E-state index < -0.39 is 0 Å². The van der Waals surface area contributed by atoms with Crippen LogP contribution in [0.4, 0.5) is 0 Å². The predicted octanol–water partition coefficient (Wildman–Crippen LogP) is 4.91. The second-order valence-electron chi connectivity index (χ2n) is 6.50. The van der Waals surface area contributed by atoms with Crippen molar-refractivity contribution in [1.29, 1.82) is 0 Å². The van der Waals surface area contributed by atoms with Crippen molar-refractivity contribution in [3.8, 4) is 0 Å². The van der Waals surface area contributed by atoms with Crippen molar-refractivity contribution in [2.75, 3.05) is 0 Å². The van der Waals surface area contributed by atoms with Crippen LogP contribution in [-0.4, -0.2) is 9.97 Å². The maximum Gasteiger partial charge on any atom is 0.125 e. The van der Waals surface area contributed by atoms with Gasteiger partial charge in [-0.05, 0) is 55.9 Å². The van der Waals surface area contributed by atoms with Crippen molar-refractivity contribution >= 4 is 0 Å². The monoisotopic (exact) mass is 276 g/mol. The van der Waals surface area contributed by atoms with E-state index in [0.29, 0.717) is 17.3 Å². The molecule has 0 amide bonds. The zero-order valence-corrected chi connectivity index (χ0v) is 14.7. The molecule has 0 aromatic carbocycles. The average Bonchev–Trinajstić information content (AvgIpc) is 2.39. The lowest BCUT2D eigenvalue weighted by molar-refractivity contribution is 0.0880. The van der Waals surface area contributed by atoms with Crippen molar-refractivity contribution in [2.45, 2.75) is 74.7 Å². The Balaban J connectivity index is 0.000000956. The van der Waals surface area contributed by atoms with Crippen LogP contribution in [0.25, 0.3) is 0 Å². The Morgan fingerprint density at radius 2 is 1.50 bits per heavy atom. The fourth-order valence-electron chi connectivity index (χ4n) is 3.69. The Hall–Kier alpha value is -0.920. The number of nitrogens with zero attached hydrogens (tertiary/aromatic N) is 2. The third-order valence-corrected chi connectivity index (χ3v) is 5.05. The first-order valence-electron chi connectivity index (χ1n) is 8.20. The third kappa shape index (κ3) is 3.05. The summed E-state index contributed by atoms with van der Waals surface area (Å²) in [5.41, 5.74) is 4.34. The minimum atomic E-state index is 0.417. The van der Waals surface area contributed by atoms with E-state index in [1.54, 1.807) is 0 Å². The summed E-state index contributed by atoms with van der Waals surface area (Å²) in [5, 5.41) is 0. The van der Waals surface area contributed by atoms with E-state index in [9.17, 15) is 0 Å². The minimum absolute atomic E-state index is 0.417. The van der Waals surface area contributed by atoms with E-state index in [2.05, 4.69) is 39.6 Å². The van der Waals surface area contributed by atoms with Gasteiger partial charge in [-0.15, -0.1) is 0 Å². The standard InChI is InChI=1S/C16H26N2.C2H6/c1-10(2)16(11(3)4)8-7-14-12(5)17-13(6)18-15(14)9-16;1-2/h10-11H,7-9H2,1-6H3;1-2H3. The lowest BCUT2D eigenvalue weighted by Gasteiger charge is -2.45. The number of fused-ring (bicyclic) bond motifs is 1. The summed E-state index contributed by atoms with van der Waals surface area (Å²) in [6, 6.07) is 0. The van der Waals surface area contributed by atoms with E-state index >= 15 is 0 Å². The van der Waals surface area contributed by atoms with E-state index in [4.69, 9.17) is 4.98 Å². The van der Waals surface area contributed by atoms with Gasteiger partial charge in [0.2, 0.25) is 0 Å². The maximum atomic E-state index is 4.72. The van der Waals surface area contributed by atoms with Gasteiger partial charge in [-0.2, -0.15) is 0 Å². The van der Waals surface area contributed by atoms with Crippen LogP contribution in [0.2, 0.25) is 0 Å². The molecule has 20 heavy (non-hydrogen) atoms. The topological polar surface area (TPSA) is 25.8 Å². The van der Waals surface area contributed by atoms with E-state index in [-0.39, 0.29) is 0 Å². The van der Waals surface area contributed by atoms with Gasteiger partial charge >= 0.3 is 0 Å². The highest BCUT2D eigenvalue weighted by molar-refractivity contribution is 5.29. The third-order valence-electron chi connectivity index (χ3n) is 5.05. The lowest BCUT2D eigenvalue weighted by atomic mass is 9.60. The molecule has 1 aromatic heterocycles. The molecule has 1 heterocycles. The van der Waals surface area contributed by atoms with Crippen molar-refractivity contribution in [2.24, 2.45) is 17.3 Å². The number of aryl methyl sites for hydroxylation is 2. The quantitative estimate of drug-likeness (QED) is 0.767. The fourth-order valence-corrected chi connectivity index (χ4v) is 3.69. The highest BCUT2D eigenvalue weighted by Gasteiger charge is 2.40. The first-order valence-corrected chi connectivity index (χ1v) is 8.20. The smallest absolute Gasteiger partial charge is 0.125 e. The molecule has 114 valence electrons. The van der Waals surface area contributed by atoms with Crippen molar-refractivity contribution in [3.63, 3.8) is 0 Å². The van der Waals surface area contributed by atoms with Gasteiger partial charge in [-0.3, -0.25) is 0 Å². The summed E-state index contributed by atoms with van der Waals surface area (Å²) in [6.45, 7) is 17.6. The van der Waals surface area contributed by atoms with Gasteiger partial charge in [0.05, 0.1) is 0 Å². The summed E-state index contributed by atoms with van der Waals surface area (Å²) >= 11 is 0. The molecule has 0 saturated heterocycles. The second kappa shape index (κ2) is 6.69. The molecule has 0 radical (unpaired) electrons. The molecule has 0 aliphatic heterocycles. The van der Waals surface area contributed by atoms with E-state index in [0.717, 1.165) is 18.7 Å². The van der Waals surface area contributed by atoms with Crippen LogP contribution in [0, 0.1) is 31.1 Å². The van der Waals surface area contributed by atoms with Crippen LogP contribution in [0.15, 0.2) is 0 Å². The zero-order chi connectivity index (χ0) is 15.5. The molecule has 0 bridgehead atoms. The Morgan fingerprint density at radius 3 is 2.00 bits per heavy atom. The average molecular weight is 276 g/mol. The Morgan fingerprint density at radius 1 is 0.950 bits per heavy atom. The molecule has 0 spiro atoms. The summed E-state index contributed by atoms with van der Waals surface area (Å²) in [5.74, 6) is 2.34. The molecule has 0 unspecified atom stereocenters. The first kappa shape index (κ1) is 17.1. The Kier molecular flexibility index (Phi) is 5.73. The molecule has 0 atom stereocenters. The van der Waals surface area contributed by atoms with Crippen LogP contribution >= 0.6 is 0 Å². The summed E-state index contributed by atoms with van der Waals surface area (Å²) < 4.78 is 0. The van der Waals surface area contributed by atoms with Gasteiger partial charge in [0.15, 0.2) is 0 Å². The molecule has 1 aliphatic rings. The Bertz CT molecular complexity index is 439. The van der Waals surface area contributed by atoms with Crippen LogP contribution in [0.1, 0.15) is 70.7 Å². The van der Waals surface area contributed by atoms with Crippen LogP contribution in [0.5, 0.6) is 0 Å². The van der Waals surface area contributed by atoms with E-state index in [1.165, 1.54) is 23.4 Å². The molecular formula is C18H32N2. The highest BCUT2D eigenvalue weighted by atomic mass is 14.9. The van der Waals surface area contributed by atoms with Crippen molar-refractivity contribution in [3.05, 3.63) is 22.8 Å². The van der Waals surface area contributed by atoms with Crippen molar-refractivity contribution < 1.29 is 0 Å².